The number of fused-ring (bicyclic) bond motifs is 1. The molecule has 0 spiro atoms. The molecule has 3 rings (SSSR count). The van der Waals surface area contributed by atoms with Crippen molar-refractivity contribution in [1.29, 1.82) is 0 Å². The van der Waals surface area contributed by atoms with Gasteiger partial charge < -0.3 is 9.64 Å². The third-order valence-corrected chi connectivity index (χ3v) is 4.23. The highest BCUT2D eigenvalue weighted by Crippen LogP contribution is 2.37. The van der Waals surface area contributed by atoms with Gasteiger partial charge in [-0.2, -0.15) is 0 Å². The molecule has 5 heteroatoms. The molecule has 0 radical (unpaired) electrons. The van der Waals surface area contributed by atoms with Crippen molar-refractivity contribution in [2.75, 3.05) is 12.0 Å². The monoisotopic (exact) mass is 342 g/mol. The fourth-order valence-corrected chi connectivity index (χ4v) is 2.97. The minimum absolute atomic E-state index is 0.0192. The molecular formula is C19H19ClN2O2. The summed E-state index contributed by atoms with van der Waals surface area (Å²) in [4.78, 5) is 19.4. The van der Waals surface area contributed by atoms with E-state index >= 15 is 0 Å². The molecule has 0 aliphatic carbocycles. The molecule has 0 saturated heterocycles. The van der Waals surface area contributed by atoms with Crippen LogP contribution < -0.4 is 9.64 Å². The smallest absolute Gasteiger partial charge is 0.233 e. The Kier molecular flexibility index (Phi) is 4.58. The molecule has 2 aromatic rings. The molecule has 1 aliphatic heterocycles. The standard InChI is InChI=1S/C19H19ClN2O2/c1-12(2)22-18-10-15(24-3)8-9-16(18)21-17(11-19(22)23)13-4-6-14(20)7-5-13/h4-10,12H,11H2,1-3H3. The van der Waals surface area contributed by atoms with E-state index in [9.17, 15) is 4.79 Å². The van der Waals surface area contributed by atoms with E-state index in [1.165, 1.54) is 0 Å². The Morgan fingerprint density at radius 3 is 2.50 bits per heavy atom. The Bertz CT molecular complexity index is 798. The van der Waals surface area contributed by atoms with Gasteiger partial charge in [-0.05, 0) is 43.7 Å². The van der Waals surface area contributed by atoms with E-state index in [1.54, 1.807) is 12.0 Å². The number of amides is 1. The van der Waals surface area contributed by atoms with Gasteiger partial charge in [-0.1, -0.05) is 23.7 Å². The van der Waals surface area contributed by atoms with Crippen molar-refractivity contribution in [1.82, 2.24) is 0 Å². The van der Waals surface area contributed by atoms with Crippen molar-refractivity contribution < 1.29 is 9.53 Å². The van der Waals surface area contributed by atoms with Crippen LogP contribution in [0.3, 0.4) is 0 Å². The zero-order valence-corrected chi connectivity index (χ0v) is 14.7. The fraction of sp³-hybridized carbons (Fsp3) is 0.263. The molecule has 2 aromatic carbocycles. The van der Waals surface area contributed by atoms with Crippen LogP contribution in [0.1, 0.15) is 25.8 Å². The van der Waals surface area contributed by atoms with Gasteiger partial charge in [-0.25, -0.2) is 0 Å². The minimum Gasteiger partial charge on any atom is -0.497 e. The molecule has 0 N–H and O–H groups in total. The van der Waals surface area contributed by atoms with Crippen LogP contribution in [-0.2, 0) is 4.79 Å². The summed E-state index contributed by atoms with van der Waals surface area (Å²) in [5.41, 5.74) is 3.19. The number of hydrogen-bond acceptors (Lipinski definition) is 3. The van der Waals surface area contributed by atoms with Crippen molar-refractivity contribution >= 4 is 34.6 Å². The second-order valence-electron chi connectivity index (χ2n) is 5.95. The molecule has 1 amide bonds. The second kappa shape index (κ2) is 6.65. The maximum absolute atomic E-state index is 12.8. The van der Waals surface area contributed by atoms with E-state index in [0.29, 0.717) is 10.8 Å². The summed E-state index contributed by atoms with van der Waals surface area (Å²) in [6, 6.07) is 13.0. The molecule has 0 fully saturated rings. The number of aliphatic imine (C=N–C) groups is 1. The van der Waals surface area contributed by atoms with Crippen molar-refractivity contribution in [3.05, 3.63) is 53.1 Å². The first-order valence-corrected chi connectivity index (χ1v) is 8.21. The van der Waals surface area contributed by atoms with Crippen molar-refractivity contribution in [2.24, 2.45) is 4.99 Å². The number of anilines is 1. The first-order valence-electron chi connectivity index (χ1n) is 7.83. The molecule has 0 saturated carbocycles. The average Bonchev–Trinajstić information content (AvgIpc) is 2.70. The van der Waals surface area contributed by atoms with Crippen LogP contribution >= 0.6 is 11.6 Å². The topological polar surface area (TPSA) is 41.9 Å². The van der Waals surface area contributed by atoms with Gasteiger partial charge in [0.2, 0.25) is 5.91 Å². The molecule has 0 unspecified atom stereocenters. The molecule has 0 bridgehead atoms. The van der Waals surface area contributed by atoms with E-state index in [2.05, 4.69) is 0 Å². The largest absolute Gasteiger partial charge is 0.497 e. The molecule has 0 aromatic heterocycles. The fourth-order valence-electron chi connectivity index (χ4n) is 2.84. The van der Waals surface area contributed by atoms with Crippen molar-refractivity contribution in [2.45, 2.75) is 26.3 Å². The number of carbonyl (C=O) groups excluding carboxylic acids is 1. The molecule has 4 nitrogen and oxygen atoms in total. The van der Waals surface area contributed by atoms with E-state index < -0.39 is 0 Å². The Hall–Kier alpha value is -2.33. The zero-order chi connectivity index (χ0) is 17.3. The van der Waals surface area contributed by atoms with Gasteiger partial charge in [0, 0.05) is 17.1 Å². The number of halogens is 1. The van der Waals surface area contributed by atoms with Gasteiger partial charge in [-0.15, -0.1) is 0 Å². The van der Waals surface area contributed by atoms with Gasteiger partial charge in [0.15, 0.2) is 0 Å². The maximum Gasteiger partial charge on any atom is 0.233 e. The highest BCUT2D eigenvalue weighted by Gasteiger charge is 2.27. The predicted molar refractivity (Wildman–Crippen MR) is 97.9 cm³/mol. The van der Waals surface area contributed by atoms with Gasteiger partial charge in [-0.3, -0.25) is 9.79 Å². The quantitative estimate of drug-likeness (QED) is 0.817. The first kappa shape index (κ1) is 16.5. The van der Waals surface area contributed by atoms with Crippen LogP contribution in [0.2, 0.25) is 5.02 Å². The van der Waals surface area contributed by atoms with Crippen LogP contribution in [-0.4, -0.2) is 24.8 Å². The molecular weight excluding hydrogens is 324 g/mol. The van der Waals surface area contributed by atoms with E-state index in [4.69, 9.17) is 21.3 Å². The van der Waals surface area contributed by atoms with Crippen LogP contribution in [0.15, 0.2) is 47.5 Å². The van der Waals surface area contributed by atoms with E-state index in [0.717, 1.165) is 22.6 Å². The lowest BCUT2D eigenvalue weighted by molar-refractivity contribution is -0.117. The summed E-state index contributed by atoms with van der Waals surface area (Å²) in [5.74, 6) is 0.725. The summed E-state index contributed by atoms with van der Waals surface area (Å²) < 4.78 is 5.31. The maximum atomic E-state index is 12.8. The zero-order valence-electron chi connectivity index (χ0n) is 13.9. The van der Waals surface area contributed by atoms with Crippen LogP contribution in [0, 0.1) is 0 Å². The number of benzene rings is 2. The Labute approximate surface area is 146 Å². The first-order chi connectivity index (χ1) is 11.5. The highest BCUT2D eigenvalue weighted by molar-refractivity contribution is 6.30. The van der Waals surface area contributed by atoms with Crippen molar-refractivity contribution in [3.63, 3.8) is 0 Å². The number of ether oxygens (including phenoxy) is 1. The lowest BCUT2D eigenvalue weighted by Crippen LogP contribution is -2.37. The summed E-state index contributed by atoms with van der Waals surface area (Å²) in [6.07, 6.45) is 0.247. The highest BCUT2D eigenvalue weighted by atomic mass is 35.5. The number of hydrogen-bond donors (Lipinski definition) is 0. The van der Waals surface area contributed by atoms with Gasteiger partial charge in [0.05, 0.1) is 30.6 Å². The summed E-state index contributed by atoms with van der Waals surface area (Å²) in [7, 11) is 1.61. The van der Waals surface area contributed by atoms with Gasteiger partial charge in [0.25, 0.3) is 0 Å². The normalized spacial score (nSPS) is 14.3. The average molecular weight is 343 g/mol. The molecule has 1 heterocycles. The number of rotatable bonds is 3. The Balaban J connectivity index is 2.14. The van der Waals surface area contributed by atoms with Crippen LogP contribution in [0.25, 0.3) is 0 Å². The number of methoxy groups -OCH3 is 1. The van der Waals surface area contributed by atoms with Gasteiger partial charge >= 0.3 is 0 Å². The third-order valence-electron chi connectivity index (χ3n) is 3.98. The summed E-state index contributed by atoms with van der Waals surface area (Å²) in [6.45, 7) is 3.99. The molecule has 1 aliphatic rings. The molecule has 0 atom stereocenters. The van der Waals surface area contributed by atoms with E-state index in [1.807, 2.05) is 56.3 Å². The lowest BCUT2D eigenvalue weighted by Gasteiger charge is -2.26. The second-order valence-corrected chi connectivity index (χ2v) is 6.39. The van der Waals surface area contributed by atoms with Gasteiger partial charge in [0.1, 0.15) is 5.75 Å². The SMILES string of the molecule is COc1ccc2c(c1)N(C(C)C)C(=O)CC(c1ccc(Cl)cc1)=N2. The van der Waals surface area contributed by atoms with Crippen LogP contribution in [0.4, 0.5) is 11.4 Å². The molecule has 124 valence electrons. The third kappa shape index (κ3) is 3.15. The van der Waals surface area contributed by atoms with Crippen LogP contribution in [0.5, 0.6) is 5.75 Å². The number of carbonyl (C=O) groups is 1. The molecule has 24 heavy (non-hydrogen) atoms. The lowest BCUT2D eigenvalue weighted by atomic mass is 10.1. The minimum atomic E-state index is 0.0192. The summed E-state index contributed by atoms with van der Waals surface area (Å²) >= 11 is 5.96. The Morgan fingerprint density at radius 2 is 1.88 bits per heavy atom. The number of nitrogens with zero attached hydrogens (tertiary/aromatic N) is 2. The Morgan fingerprint density at radius 1 is 1.17 bits per heavy atom. The van der Waals surface area contributed by atoms with Crippen molar-refractivity contribution in [3.8, 4) is 5.75 Å². The van der Waals surface area contributed by atoms with E-state index in [-0.39, 0.29) is 18.4 Å². The predicted octanol–water partition coefficient (Wildman–Crippen LogP) is 4.61. The summed E-state index contributed by atoms with van der Waals surface area (Å²) in [5, 5.41) is 0.660.